The Balaban J connectivity index is 2.52. The molecule has 0 spiro atoms. The predicted octanol–water partition coefficient (Wildman–Crippen LogP) is 0.788. The Hall–Kier alpha value is -1.17. The fourth-order valence-corrected chi connectivity index (χ4v) is 2.03. The van der Waals surface area contributed by atoms with Crippen molar-refractivity contribution in [1.29, 1.82) is 0 Å². The van der Waals surface area contributed by atoms with Crippen molar-refractivity contribution in [1.82, 2.24) is 0 Å². The average Bonchev–Trinajstić information content (AvgIpc) is 2.26. The summed E-state index contributed by atoms with van der Waals surface area (Å²) in [5, 5.41) is 0. The number of ether oxygens (including phenoxy) is 2. The molecule has 1 aliphatic heterocycles. The molecule has 1 rings (SSSR count). The fourth-order valence-electron chi connectivity index (χ4n) is 1.16. The molecule has 1 atom stereocenters. The van der Waals surface area contributed by atoms with Crippen LogP contribution in [0.2, 0.25) is 0 Å². The van der Waals surface area contributed by atoms with Gasteiger partial charge in [-0.05, 0) is 0 Å². The molecular formula is C10H15NO4S. The first kappa shape index (κ1) is 12.9. The van der Waals surface area contributed by atoms with Gasteiger partial charge in [0.2, 0.25) is 0 Å². The van der Waals surface area contributed by atoms with Crippen LogP contribution in [0.1, 0.15) is 19.8 Å². The van der Waals surface area contributed by atoms with E-state index in [4.69, 9.17) is 15.2 Å². The lowest BCUT2D eigenvalue weighted by Crippen LogP contribution is -2.26. The quantitative estimate of drug-likeness (QED) is 0.572. The van der Waals surface area contributed by atoms with Crippen LogP contribution in [0, 0.1) is 0 Å². The van der Waals surface area contributed by atoms with E-state index in [2.05, 4.69) is 0 Å². The number of carbonyl (C=O) groups excluding carboxylic acids is 2. The van der Waals surface area contributed by atoms with E-state index in [9.17, 15) is 9.59 Å². The molecule has 1 saturated heterocycles. The normalized spacial score (nSPS) is 24.4. The Morgan fingerprint density at radius 2 is 2.50 bits per heavy atom. The van der Waals surface area contributed by atoms with Crippen molar-refractivity contribution < 1.29 is 19.1 Å². The van der Waals surface area contributed by atoms with Gasteiger partial charge in [-0.1, -0.05) is 6.92 Å². The van der Waals surface area contributed by atoms with E-state index < -0.39 is 5.97 Å². The molecule has 90 valence electrons. The average molecular weight is 245 g/mol. The minimum absolute atomic E-state index is 0.222. The van der Waals surface area contributed by atoms with Crippen molar-refractivity contribution in [2.24, 2.45) is 5.73 Å². The smallest absolute Gasteiger partial charge is 0.346 e. The van der Waals surface area contributed by atoms with E-state index in [0.29, 0.717) is 23.5 Å². The van der Waals surface area contributed by atoms with Gasteiger partial charge in [-0.15, -0.1) is 11.8 Å². The first-order chi connectivity index (χ1) is 7.67. The van der Waals surface area contributed by atoms with Gasteiger partial charge in [-0.2, -0.15) is 0 Å². The lowest BCUT2D eigenvalue weighted by Gasteiger charge is -2.20. The van der Waals surface area contributed by atoms with E-state index in [1.807, 2.05) is 0 Å². The summed E-state index contributed by atoms with van der Waals surface area (Å²) in [6.45, 7) is 1.99. The third-order valence-corrected chi connectivity index (χ3v) is 3.19. The van der Waals surface area contributed by atoms with Crippen LogP contribution in [0.5, 0.6) is 0 Å². The highest BCUT2D eigenvalue weighted by Gasteiger charge is 2.21. The van der Waals surface area contributed by atoms with Crippen LogP contribution in [0.25, 0.3) is 0 Å². The first-order valence-corrected chi connectivity index (χ1v) is 6.07. The summed E-state index contributed by atoms with van der Waals surface area (Å²) >= 11 is 1.25. The van der Waals surface area contributed by atoms with E-state index in [0.717, 1.165) is 0 Å². The molecule has 16 heavy (non-hydrogen) atoms. The molecule has 0 aliphatic carbocycles. The number of thioether (sulfide) groups is 1. The molecule has 1 aliphatic rings. The minimum atomic E-state index is -0.409. The van der Waals surface area contributed by atoms with Gasteiger partial charge in [0.25, 0.3) is 0 Å². The van der Waals surface area contributed by atoms with Crippen LogP contribution in [-0.4, -0.2) is 30.4 Å². The summed E-state index contributed by atoms with van der Waals surface area (Å²) in [7, 11) is 0. The number of esters is 2. The van der Waals surface area contributed by atoms with Gasteiger partial charge in [0.05, 0.1) is 6.61 Å². The van der Waals surface area contributed by atoms with Gasteiger partial charge in [-0.25, -0.2) is 4.79 Å². The maximum atomic E-state index is 11.3. The molecule has 0 bridgehead atoms. The number of hydrogen-bond donors (Lipinski definition) is 1. The van der Waals surface area contributed by atoms with Gasteiger partial charge in [0.15, 0.2) is 0 Å². The number of nitrogens with two attached hydrogens (primary N) is 1. The summed E-state index contributed by atoms with van der Waals surface area (Å²) in [5.74, 6) is -0.118. The summed E-state index contributed by atoms with van der Waals surface area (Å²) in [6, 6.07) is 0. The molecule has 0 aromatic carbocycles. The molecule has 0 radical (unpaired) electrons. The molecule has 1 heterocycles. The lowest BCUT2D eigenvalue weighted by molar-refractivity contribution is -0.149. The van der Waals surface area contributed by atoms with Gasteiger partial charge in [0, 0.05) is 24.8 Å². The van der Waals surface area contributed by atoms with Crippen LogP contribution in [-0.2, 0) is 19.1 Å². The zero-order valence-corrected chi connectivity index (χ0v) is 9.92. The second-order valence-electron chi connectivity index (χ2n) is 3.23. The van der Waals surface area contributed by atoms with Crippen molar-refractivity contribution in [3.63, 3.8) is 0 Å². The van der Waals surface area contributed by atoms with E-state index in [1.165, 1.54) is 18.0 Å². The second kappa shape index (κ2) is 6.42. The molecule has 0 saturated carbocycles. The van der Waals surface area contributed by atoms with Crippen LogP contribution < -0.4 is 5.73 Å². The Morgan fingerprint density at radius 3 is 3.12 bits per heavy atom. The highest BCUT2D eigenvalue weighted by atomic mass is 32.2. The topological polar surface area (TPSA) is 78.6 Å². The first-order valence-electron chi connectivity index (χ1n) is 5.08. The molecule has 0 amide bonds. The molecular weight excluding hydrogens is 230 g/mol. The SMILES string of the molecule is CCC(=O)OC1CCOC(=O)C(=CN)SC1. The van der Waals surface area contributed by atoms with Crippen molar-refractivity contribution in [2.75, 3.05) is 12.4 Å². The highest BCUT2D eigenvalue weighted by Crippen LogP contribution is 2.22. The minimum Gasteiger partial charge on any atom is -0.462 e. The molecule has 2 N–H and O–H groups in total. The monoisotopic (exact) mass is 245 g/mol. The van der Waals surface area contributed by atoms with Crippen molar-refractivity contribution in [2.45, 2.75) is 25.9 Å². The largest absolute Gasteiger partial charge is 0.462 e. The third kappa shape index (κ3) is 3.77. The van der Waals surface area contributed by atoms with Crippen LogP contribution in [0.15, 0.2) is 11.1 Å². The van der Waals surface area contributed by atoms with Crippen molar-refractivity contribution in [3.05, 3.63) is 11.1 Å². The maximum absolute atomic E-state index is 11.3. The number of cyclic esters (lactones) is 1. The highest BCUT2D eigenvalue weighted by molar-refractivity contribution is 8.04. The lowest BCUT2D eigenvalue weighted by atomic mass is 10.3. The zero-order chi connectivity index (χ0) is 12.0. The molecule has 0 aromatic rings. The van der Waals surface area contributed by atoms with Crippen molar-refractivity contribution in [3.8, 4) is 0 Å². The molecule has 0 aromatic heterocycles. The van der Waals surface area contributed by atoms with Crippen molar-refractivity contribution >= 4 is 23.7 Å². The van der Waals surface area contributed by atoms with Gasteiger partial charge < -0.3 is 15.2 Å². The van der Waals surface area contributed by atoms with E-state index >= 15 is 0 Å². The Labute approximate surface area is 98.3 Å². The van der Waals surface area contributed by atoms with Crippen LogP contribution >= 0.6 is 11.8 Å². The summed E-state index contributed by atoms with van der Waals surface area (Å²) in [6.07, 6.45) is 1.88. The Morgan fingerprint density at radius 1 is 1.75 bits per heavy atom. The standard InChI is InChI=1S/C10H15NO4S/c1-2-9(12)15-7-3-4-14-10(13)8(5-11)16-6-7/h5,7H,2-4,6,11H2,1H3. The number of hydrogen-bond acceptors (Lipinski definition) is 6. The zero-order valence-electron chi connectivity index (χ0n) is 9.10. The second-order valence-corrected chi connectivity index (χ2v) is 4.29. The summed E-state index contributed by atoms with van der Waals surface area (Å²) < 4.78 is 10.1. The summed E-state index contributed by atoms with van der Waals surface area (Å²) in [4.78, 5) is 22.8. The van der Waals surface area contributed by atoms with E-state index in [1.54, 1.807) is 6.92 Å². The summed E-state index contributed by atoms with van der Waals surface area (Å²) in [5.41, 5.74) is 5.30. The predicted molar refractivity (Wildman–Crippen MR) is 60.5 cm³/mol. The number of rotatable bonds is 2. The molecule has 1 unspecified atom stereocenters. The van der Waals surface area contributed by atoms with Crippen LogP contribution in [0.3, 0.4) is 0 Å². The molecule has 6 heteroatoms. The van der Waals surface area contributed by atoms with Gasteiger partial charge >= 0.3 is 11.9 Å². The van der Waals surface area contributed by atoms with Gasteiger partial charge in [0.1, 0.15) is 11.0 Å². The molecule has 1 fully saturated rings. The Bertz CT molecular complexity index is 303. The number of carbonyl (C=O) groups is 2. The van der Waals surface area contributed by atoms with Crippen LogP contribution in [0.4, 0.5) is 0 Å². The van der Waals surface area contributed by atoms with Gasteiger partial charge in [-0.3, -0.25) is 4.79 Å². The fraction of sp³-hybridized carbons (Fsp3) is 0.600. The van der Waals surface area contributed by atoms with E-state index in [-0.39, 0.29) is 18.7 Å². The third-order valence-electron chi connectivity index (χ3n) is 2.04. The maximum Gasteiger partial charge on any atom is 0.346 e. The molecule has 5 nitrogen and oxygen atoms in total. The Kier molecular flexibility index (Phi) is 5.18.